The third-order valence-electron chi connectivity index (χ3n) is 2.69. The van der Waals surface area contributed by atoms with Gasteiger partial charge >= 0.3 is 0 Å². The number of benzene rings is 1. The van der Waals surface area contributed by atoms with Gasteiger partial charge in [-0.05, 0) is 11.6 Å². The number of rotatable bonds is 4. The average Bonchev–Trinajstić information content (AvgIpc) is 2.85. The van der Waals surface area contributed by atoms with Gasteiger partial charge in [0.2, 0.25) is 0 Å². The topological polar surface area (TPSA) is 79.6 Å². The van der Waals surface area contributed by atoms with E-state index in [-0.39, 0.29) is 6.61 Å². The second kappa shape index (κ2) is 5.03. The Bertz CT molecular complexity index is 479. The van der Waals surface area contributed by atoms with E-state index in [0.717, 1.165) is 16.7 Å². The molecular formula is C13H15NO3. The molecule has 0 aliphatic carbocycles. The summed E-state index contributed by atoms with van der Waals surface area (Å²) in [4.78, 5) is 0. The zero-order valence-electron chi connectivity index (χ0n) is 9.34. The van der Waals surface area contributed by atoms with Crippen LogP contribution in [0.5, 0.6) is 0 Å². The normalized spacial score (nSPS) is 12.6. The number of hydrogen-bond donors (Lipinski definition) is 3. The van der Waals surface area contributed by atoms with Crippen molar-refractivity contribution in [3.05, 3.63) is 42.4 Å². The summed E-state index contributed by atoms with van der Waals surface area (Å²) in [6.45, 7) is -0.268. The predicted octanol–water partition coefficient (Wildman–Crippen LogP) is 1.42. The highest BCUT2D eigenvalue weighted by Crippen LogP contribution is 2.29. The molecule has 0 fully saturated rings. The molecule has 1 atom stereocenters. The first-order valence-electron chi connectivity index (χ1n) is 5.41. The van der Waals surface area contributed by atoms with Crippen LogP contribution in [-0.2, 0) is 6.42 Å². The molecule has 0 radical (unpaired) electrons. The molecule has 0 bridgehead atoms. The number of nitrogen functional groups attached to an aromatic ring is 1. The van der Waals surface area contributed by atoms with Gasteiger partial charge in [-0.2, -0.15) is 0 Å². The van der Waals surface area contributed by atoms with Gasteiger partial charge in [0, 0.05) is 23.2 Å². The maximum Gasteiger partial charge on any atom is 0.0981 e. The van der Waals surface area contributed by atoms with Crippen LogP contribution in [0.3, 0.4) is 0 Å². The number of nitrogens with two attached hydrogens (primary N) is 1. The minimum atomic E-state index is -0.781. The zero-order valence-corrected chi connectivity index (χ0v) is 9.34. The lowest BCUT2D eigenvalue weighted by molar-refractivity contribution is 0.0956. The molecule has 4 heteroatoms. The van der Waals surface area contributed by atoms with Crippen LogP contribution in [0.4, 0.5) is 5.69 Å². The monoisotopic (exact) mass is 233 g/mol. The first-order valence-corrected chi connectivity index (χ1v) is 5.41. The molecule has 1 aromatic heterocycles. The summed E-state index contributed by atoms with van der Waals surface area (Å²) in [5.41, 5.74) is 9.26. The Morgan fingerprint density at radius 3 is 2.76 bits per heavy atom. The van der Waals surface area contributed by atoms with Crippen LogP contribution < -0.4 is 5.73 Å². The van der Waals surface area contributed by atoms with Crippen LogP contribution in [0.1, 0.15) is 5.56 Å². The van der Waals surface area contributed by atoms with Crippen molar-refractivity contribution in [2.75, 3.05) is 12.3 Å². The summed E-state index contributed by atoms with van der Waals surface area (Å²) < 4.78 is 5.02. The molecule has 17 heavy (non-hydrogen) atoms. The first-order chi connectivity index (χ1) is 8.22. The molecule has 1 unspecified atom stereocenters. The van der Waals surface area contributed by atoms with Crippen molar-refractivity contribution in [2.45, 2.75) is 12.5 Å². The maximum atomic E-state index is 9.43. The molecule has 1 aromatic carbocycles. The summed E-state index contributed by atoms with van der Waals surface area (Å²) >= 11 is 0. The summed E-state index contributed by atoms with van der Waals surface area (Å²) in [6, 6.07) is 7.45. The maximum absolute atomic E-state index is 9.43. The summed E-state index contributed by atoms with van der Waals surface area (Å²) in [7, 11) is 0. The van der Waals surface area contributed by atoms with E-state index in [9.17, 15) is 5.11 Å². The Morgan fingerprint density at radius 1 is 1.29 bits per heavy atom. The Kier molecular flexibility index (Phi) is 3.46. The van der Waals surface area contributed by atoms with Gasteiger partial charge in [0.05, 0.1) is 25.2 Å². The van der Waals surface area contributed by atoms with E-state index in [1.54, 1.807) is 12.5 Å². The Morgan fingerprint density at radius 2 is 2.12 bits per heavy atom. The van der Waals surface area contributed by atoms with E-state index >= 15 is 0 Å². The van der Waals surface area contributed by atoms with Gasteiger partial charge < -0.3 is 20.4 Å². The predicted molar refractivity (Wildman–Crippen MR) is 65.4 cm³/mol. The molecule has 0 aliphatic rings. The largest absolute Gasteiger partial charge is 0.472 e. The van der Waals surface area contributed by atoms with Crippen LogP contribution in [-0.4, -0.2) is 22.9 Å². The second-order valence-corrected chi connectivity index (χ2v) is 3.93. The molecule has 0 saturated carbocycles. The average molecular weight is 233 g/mol. The SMILES string of the molecule is Nc1c(CC(O)CO)cccc1-c1ccoc1. The zero-order chi connectivity index (χ0) is 12.3. The molecule has 0 amide bonds. The van der Waals surface area contributed by atoms with Crippen molar-refractivity contribution < 1.29 is 14.6 Å². The van der Waals surface area contributed by atoms with Crippen LogP contribution >= 0.6 is 0 Å². The quantitative estimate of drug-likeness (QED) is 0.698. The van der Waals surface area contributed by atoms with Crippen LogP contribution in [0.15, 0.2) is 41.2 Å². The molecule has 90 valence electrons. The summed E-state index contributed by atoms with van der Waals surface area (Å²) in [6.07, 6.45) is 2.77. The van der Waals surface area contributed by atoms with Crippen molar-refractivity contribution in [3.63, 3.8) is 0 Å². The van der Waals surface area contributed by atoms with Gasteiger partial charge in [-0.25, -0.2) is 0 Å². The third-order valence-corrected chi connectivity index (χ3v) is 2.69. The molecule has 2 rings (SSSR count). The van der Waals surface area contributed by atoms with Crippen LogP contribution in [0, 0.1) is 0 Å². The number of aliphatic hydroxyl groups is 2. The van der Waals surface area contributed by atoms with Gasteiger partial charge in [-0.1, -0.05) is 18.2 Å². The third kappa shape index (κ3) is 2.49. The fourth-order valence-electron chi connectivity index (χ4n) is 1.78. The molecule has 4 N–H and O–H groups in total. The van der Waals surface area contributed by atoms with Crippen molar-refractivity contribution in [1.29, 1.82) is 0 Å². The first kappa shape index (κ1) is 11.7. The second-order valence-electron chi connectivity index (χ2n) is 3.93. The standard InChI is InChI=1S/C13H15NO3/c14-13-9(6-11(16)7-15)2-1-3-12(13)10-4-5-17-8-10/h1-5,8,11,15-16H,6-7,14H2. The molecule has 4 nitrogen and oxygen atoms in total. The van der Waals surface area contributed by atoms with Gasteiger partial charge in [0.25, 0.3) is 0 Å². The smallest absolute Gasteiger partial charge is 0.0981 e. The van der Waals surface area contributed by atoms with Crippen LogP contribution in [0.2, 0.25) is 0 Å². The Labute approximate surface area is 99.3 Å². The number of furan rings is 1. The van der Waals surface area contributed by atoms with Crippen molar-refractivity contribution in [2.24, 2.45) is 0 Å². The molecule has 1 heterocycles. The number of anilines is 1. The van der Waals surface area contributed by atoms with Crippen molar-refractivity contribution >= 4 is 5.69 Å². The van der Waals surface area contributed by atoms with E-state index < -0.39 is 6.10 Å². The lowest BCUT2D eigenvalue weighted by Gasteiger charge is -2.12. The van der Waals surface area contributed by atoms with Crippen LogP contribution in [0.25, 0.3) is 11.1 Å². The lowest BCUT2D eigenvalue weighted by Crippen LogP contribution is -2.16. The van der Waals surface area contributed by atoms with Gasteiger partial charge in [0.1, 0.15) is 0 Å². The lowest BCUT2D eigenvalue weighted by atomic mass is 9.99. The fraction of sp³-hybridized carbons (Fsp3) is 0.231. The van der Waals surface area contributed by atoms with E-state index in [0.29, 0.717) is 12.1 Å². The van der Waals surface area contributed by atoms with Gasteiger partial charge in [-0.15, -0.1) is 0 Å². The molecule has 2 aromatic rings. The van der Waals surface area contributed by atoms with E-state index in [1.165, 1.54) is 0 Å². The molecule has 0 aliphatic heterocycles. The Hall–Kier alpha value is -1.78. The highest BCUT2D eigenvalue weighted by atomic mass is 16.3. The minimum absolute atomic E-state index is 0.268. The highest BCUT2D eigenvalue weighted by Gasteiger charge is 2.11. The van der Waals surface area contributed by atoms with Gasteiger partial charge in [0.15, 0.2) is 0 Å². The minimum Gasteiger partial charge on any atom is -0.472 e. The fourth-order valence-corrected chi connectivity index (χ4v) is 1.78. The number of aliphatic hydroxyl groups excluding tert-OH is 2. The van der Waals surface area contributed by atoms with Crippen molar-refractivity contribution in [1.82, 2.24) is 0 Å². The van der Waals surface area contributed by atoms with Gasteiger partial charge in [-0.3, -0.25) is 0 Å². The highest BCUT2D eigenvalue weighted by molar-refractivity contribution is 5.77. The van der Waals surface area contributed by atoms with Crippen molar-refractivity contribution in [3.8, 4) is 11.1 Å². The Balaban J connectivity index is 2.34. The summed E-state index contributed by atoms with van der Waals surface area (Å²) in [5, 5.41) is 18.3. The van der Waals surface area contributed by atoms with E-state index in [2.05, 4.69) is 0 Å². The summed E-state index contributed by atoms with van der Waals surface area (Å²) in [5.74, 6) is 0. The number of hydrogen-bond acceptors (Lipinski definition) is 4. The molecule has 0 spiro atoms. The van der Waals surface area contributed by atoms with E-state index in [4.69, 9.17) is 15.3 Å². The number of para-hydroxylation sites is 1. The molecular weight excluding hydrogens is 218 g/mol. The van der Waals surface area contributed by atoms with E-state index in [1.807, 2.05) is 24.3 Å². The molecule has 0 saturated heterocycles.